The first-order valence-electron chi connectivity index (χ1n) is 10.3. The Bertz CT molecular complexity index is 353. The molecule has 0 bridgehead atoms. The van der Waals surface area contributed by atoms with E-state index in [0.29, 0.717) is 0 Å². The van der Waals surface area contributed by atoms with Crippen molar-refractivity contribution in [3.63, 3.8) is 0 Å². The van der Waals surface area contributed by atoms with E-state index in [4.69, 9.17) is 0 Å². The minimum absolute atomic E-state index is 0.388. The molecule has 4 nitrogen and oxygen atoms in total. The molecule has 0 radical (unpaired) electrons. The van der Waals surface area contributed by atoms with Gasteiger partial charge in [-0.25, -0.2) is 0 Å². The molecule has 0 aromatic heterocycles. The summed E-state index contributed by atoms with van der Waals surface area (Å²) in [6, 6.07) is 0. The number of hydrogen-bond donors (Lipinski definition) is 1. The molecule has 0 rings (SSSR count). The number of carbonyl (C=O) groups is 2. The molecule has 0 aliphatic heterocycles. The summed E-state index contributed by atoms with van der Waals surface area (Å²) in [4.78, 5) is 26.1. The third-order valence-electron chi connectivity index (χ3n) is 4.29. The van der Waals surface area contributed by atoms with Crippen LogP contribution in [0.1, 0.15) is 110 Å². The highest BCUT2D eigenvalue weighted by molar-refractivity contribution is 5.87. The van der Waals surface area contributed by atoms with E-state index in [-0.39, 0.29) is 5.91 Å². The van der Waals surface area contributed by atoms with E-state index >= 15 is 0 Å². The molecule has 25 heavy (non-hydrogen) atoms. The average Bonchev–Trinajstić information content (AvgIpc) is 2.59. The van der Waals surface area contributed by atoms with Gasteiger partial charge >= 0.3 is 5.97 Å². The van der Waals surface area contributed by atoms with Gasteiger partial charge in [-0.1, -0.05) is 96.5 Å². The van der Waals surface area contributed by atoms with Gasteiger partial charge < -0.3 is 4.84 Å². The second-order valence-electron chi connectivity index (χ2n) is 6.85. The first-order chi connectivity index (χ1) is 12.2. The monoisotopic (exact) mass is 353 g/mol. The summed E-state index contributed by atoms with van der Waals surface area (Å²) in [5.41, 5.74) is 2.06. The Labute approximate surface area is 154 Å². The van der Waals surface area contributed by atoms with Crippen LogP contribution in [-0.4, -0.2) is 11.9 Å². The molecule has 4 heteroatoms. The lowest BCUT2D eigenvalue weighted by Gasteiger charge is -2.03. The molecule has 0 heterocycles. The molecular formula is C21H39NO3. The minimum Gasteiger partial charge on any atom is -0.341 e. The first kappa shape index (κ1) is 23.7. The fraction of sp³-hybridized carbons (Fsp3) is 0.810. The summed E-state index contributed by atoms with van der Waals surface area (Å²) in [5.74, 6) is -0.908. The summed E-state index contributed by atoms with van der Waals surface area (Å²) >= 11 is 0. The number of rotatable bonds is 16. The number of allylic oxidation sites excluding steroid dienone is 1. The lowest BCUT2D eigenvalue weighted by atomic mass is 10.0. The summed E-state index contributed by atoms with van der Waals surface area (Å²) in [7, 11) is 0. The van der Waals surface area contributed by atoms with E-state index in [1.807, 2.05) is 6.08 Å². The quantitative estimate of drug-likeness (QED) is 0.210. The summed E-state index contributed by atoms with van der Waals surface area (Å²) in [6.45, 7) is 3.52. The Morgan fingerprint density at radius 1 is 0.760 bits per heavy atom. The zero-order valence-corrected chi connectivity index (χ0v) is 16.5. The van der Waals surface area contributed by atoms with Gasteiger partial charge in [-0.05, 0) is 12.8 Å². The Balaban J connectivity index is 3.18. The van der Waals surface area contributed by atoms with Crippen LogP contribution in [0.5, 0.6) is 0 Å². The van der Waals surface area contributed by atoms with Crippen LogP contribution in [0, 0.1) is 0 Å². The van der Waals surface area contributed by atoms with Crippen molar-refractivity contribution >= 4 is 11.9 Å². The number of carbonyl (C=O) groups excluding carboxylic acids is 2. The summed E-state index contributed by atoms with van der Waals surface area (Å²) in [6.07, 6.45) is 23.0. The topological polar surface area (TPSA) is 55.4 Å². The number of nitrogens with one attached hydrogen (secondary N) is 1. The molecular weight excluding hydrogens is 314 g/mol. The van der Waals surface area contributed by atoms with Gasteiger partial charge in [-0.15, -0.1) is 0 Å². The molecule has 0 unspecified atom stereocenters. The maximum absolute atomic E-state index is 11.2. The van der Waals surface area contributed by atoms with Crippen molar-refractivity contribution in [1.82, 2.24) is 5.48 Å². The van der Waals surface area contributed by atoms with Gasteiger partial charge in [0.15, 0.2) is 0 Å². The number of hydroxylamine groups is 1. The van der Waals surface area contributed by atoms with Crippen molar-refractivity contribution < 1.29 is 14.4 Å². The highest BCUT2D eigenvalue weighted by atomic mass is 16.7. The van der Waals surface area contributed by atoms with Crippen molar-refractivity contribution in [2.24, 2.45) is 0 Å². The highest BCUT2D eigenvalue weighted by Crippen LogP contribution is 2.13. The predicted molar refractivity (Wildman–Crippen MR) is 104 cm³/mol. The van der Waals surface area contributed by atoms with Crippen LogP contribution in [0.3, 0.4) is 0 Å². The molecule has 0 aromatic carbocycles. The molecule has 146 valence electrons. The molecule has 0 aromatic rings. The van der Waals surface area contributed by atoms with E-state index in [1.165, 1.54) is 96.5 Å². The Kier molecular flexibility index (Phi) is 18.0. The molecule has 0 atom stereocenters. The Morgan fingerprint density at radius 3 is 1.64 bits per heavy atom. The zero-order valence-electron chi connectivity index (χ0n) is 16.5. The number of hydrogen-bond acceptors (Lipinski definition) is 3. The maximum atomic E-state index is 11.2. The summed E-state index contributed by atoms with van der Waals surface area (Å²) < 4.78 is 0. The van der Waals surface area contributed by atoms with Gasteiger partial charge in [-0.3, -0.25) is 9.59 Å². The van der Waals surface area contributed by atoms with Gasteiger partial charge in [0.05, 0.1) is 0 Å². The number of amides is 1. The highest BCUT2D eigenvalue weighted by Gasteiger charge is 1.97. The maximum Gasteiger partial charge on any atom is 0.329 e. The molecule has 0 aliphatic rings. The van der Waals surface area contributed by atoms with Crippen LogP contribution in [0.15, 0.2) is 12.2 Å². The lowest BCUT2D eigenvalue weighted by Crippen LogP contribution is -2.23. The SMILES string of the molecule is CCCCCCCCCCCCCCCCC=CC(=O)NOC(C)=O. The van der Waals surface area contributed by atoms with Crippen molar-refractivity contribution in [1.29, 1.82) is 0 Å². The molecule has 0 aliphatic carbocycles. The van der Waals surface area contributed by atoms with E-state index in [2.05, 4.69) is 17.2 Å². The number of unbranched alkanes of at least 4 members (excludes halogenated alkanes) is 14. The third-order valence-corrected chi connectivity index (χ3v) is 4.29. The lowest BCUT2D eigenvalue weighted by molar-refractivity contribution is -0.154. The molecule has 1 N–H and O–H groups in total. The van der Waals surface area contributed by atoms with Gasteiger partial charge in [0.1, 0.15) is 0 Å². The average molecular weight is 354 g/mol. The van der Waals surface area contributed by atoms with Gasteiger partial charge in [-0.2, -0.15) is 5.48 Å². The van der Waals surface area contributed by atoms with Crippen LogP contribution in [0.2, 0.25) is 0 Å². The largest absolute Gasteiger partial charge is 0.341 e. The van der Waals surface area contributed by atoms with E-state index in [0.717, 1.165) is 12.8 Å². The van der Waals surface area contributed by atoms with Crippen LogP contribution < -0.4 is 5.48 Å². The molecule has 0 fully saturated rings. The van der Waals surface area contributed by atoms with Crippen molar-refractivity contribution in [3.05, 3.63) is 12.2 Å². The van der Waals surface area contributed by atoms with Crippen LogP contribution in [0.25, 0.3) is 0 Å². The third kappa shape index (κ3) is 20.6. The van der Waals surface area contributed by atoms with Crippen LogP contribution >= 0.6 is 0 Å². The van der Waals surface area contributed by atoms with E-state index in [9.17, 15) is 9.59 Å². The zero-order chi connectivity index (χ0) is 18.6. The molecule has 0 spiro atoms. The van der Waals surface area contributed by atoms with Gasteiger partial charge in [0, 0.05) is 13.0 Å². The van der Waals surface area contributed by atoms with Crippen molar-refractivity contribution in [2.75, 3.05) is 0 Å². The van der Waals surface area contributed by atoms with Crippen LogP contribution in [-0.2, 0) is 14.4 Å². The molecule has 0 saturated carbocycles. The minimum atomic E-state index is -0.520. The van der Waals surface area contributed by atoms with Crippen molar-refractivity contribution in [3.8, 4) is 0 Å². The normalized spacial score (nSPS) is 11.0. The standard InChI is InChI=1S/C21H39NO3/c1-3-4-5-6-7-8-9-10-11-12-13-14-15-16-17-18-19-21(24)22-25-20(2)23/h18-19H,3-17H2,1-2H3,(H,22,24). The fourth-order valence-electron chi connectivity index (χ4n) is 2.80. The second-order valence-corrected chi connectivity index (χ2v) is 6.85. The summed E-state index contributed by atoms with van der Waals surface area (Å²) in [5, 5.41) is 0. The second kappa shape index (κ2) is 19.0. The van der Waals surface area contributed by atoms with Gasteiger partial charge in [0.25, 0.3) is 5.91 Å². The van der Waals surface area contributed by atoms with Gasteiger partial charge in [0.2, 0.25) is 0 Å². The predicted octanol–water partition coefficient (Wildman–Crippen LogP) is 6.01. The fourth-order valence-corrected chi connectivity index (χ4v) is 2.80. The van der Waals surface area contributed by atoms with Crippen molar-refractivity contribution in [2.45, 2.75) is 110 Å². The molecule has 0 saturated heterocycles. The molecule has 1 amide bonds. The van der Waals surface area contributed by atoms with E-state index < -0.39 is 5.97 Å². The smallest absolute Gasteiger partial charge is 0.329 e. The first-order valence-corrected chi connectivity index (χ1v) is 10.3. The van der Waals surface area contributed by atoms with E-state index in [1.54, 1.807) is 0 Å². The van der Waals surface area contributed by atoms with Crippen LogP contribution in [0.4, 0.5) is 0 Å². The Hall–Kier alpha value is -1.32. The Morgan fingerprint density at radius 2 is 1.20 bits per heavy atom.